The van der Waals surface area contributed by atoms with E-state index in [0.717, 1.165) is 0 Å². The van der Waals surface area contributed by atoms with Crippen LogP contribution in [0.3, 0.4) is 0 Å². The highest BCUT2D eigenvalue weighted by Gasteiger charge is 2.16. The van der Waals surface area contributed by atoms with Crippen molar-refractivity contribution in [2.45, 2.75) is 6.92 Å². The third kappa shape index (κ3) is 3.12. The molecular weight excluding hydrogens is 274 g/mol. The molecule has 2 aromatic rings. The molecule has 0 unspecified atom stereocenters. The van der Waals surface area contributed by atoms with Crippen molar-refractivity contribution in [2.24, 2.45) is 0 Å². The van der Waals surface area contributed by atoms with Gasteiger partial charge >= 0.3 is 5.97 Å². The Balaban J connectivity index is 2.27. The molecule has 0 fully saturated rings. The number of anilines is 2. The van der Waals surface area contributed by atoms with Crippen molar-refractivity contribution in [3.05, 3.63) is 35.7 Å². The van der Waals surface area contributed by atoms with E-state index in [4.69, 9.17) is 19.2 Å². The third-order valence-electron chi connectivity index (χ3n) is 2.59. The van der Waals surface area contributed by atoms with Gasteiger partial charge in [0.05, 0.1) is 19.3 Å². The van der Waals surface area contributed by atoms with Gasteiger partial charge in [0, 0.05) is 0 Å². The van der Waals surface area contributed by atoms with Crippen LogP contribution in [0.4, 0.5) is 11.7 Å². The number of benzene rings is 1. The maximum Gasteiger partial charge on any atom is 0.360 e. The Morgan fingerprint density at radius 2 is 2.33 bits per heavy atom. The van der Waals surface area contributed by atoms with E-state index in [1.54, 1.807) is 25.1 Å². The number of oxazole rings is 1. The number of nitriles is 1. The van der Waals surface area contributed by atoms with Crippen LogP contribution in [0.1, 0.15) is 23.0 Å². The highest BCUT2D eigenvalue weighted by Crippen LogP contribution is 2.30. The van der Waals surface area contributed by atoms with Crippen molar-refractivity contribution in [3.8, 4) is 11.8 Å². The molecule has 1 aromatic carbocycles. The van der Waals surface area contributed by atoms with Crippen LogP contribution in [0.5, 0.6) is 5.75 Å². The lowest BCUT2D eigenvalue weighted by atomic mass is 10.2. The number of aromatic nitrogens is 1. The van der Waals surface area contributed by atoms with Gasteiger partial charge in [0.15, 0.2) is 5.69 Å². The van der Waals surface area contributed by atoms with Crippen LogP contribution in [0, 0.1) is 11.3 Å². The van der Waals surface area contributed by atoms with Crippen molar-refractivity contribution in [3.63, 3.8) is 0 Å². The molecule has 0 radical (unpaired) electrons. The maximum atomic E-state index is 11.5. The largest absolute Gasteiger partial charge is 0.495 e. The second-order valence-electron chi connectivity index (χ2n) is 3.88. The topological polar surface area (TPSA) is 97.4 Å². The predicted molar refractivity (Wildman–Crippen MR) is 73.5 cm³/mol. The normalized spacial score (nSPS) is 9.76. The van der Waals surface area contributed by atoms with Gasteiger partial charge in [-0.05, 0) is 19.1 Å². The zero-order valence-corrected chi connectivity index (χ0v) is 11.5. The second kappa shape index (κ2) is 6.43. The Morgan fingerprint density at radius 3 is 3.00 bits per heavy atom. The van der Waals surface area contributed by atoms with E-state index >= 15 is 0 Å². The summed E-state index contributed by atoms with van der Waals surface area (Å²) < 4.78 is 15.1. The molecule has 0 spiro atoms. The quantitative estimate of drug-likeness (QED) is 0.843. The van der Waals surface area contributed by atoms with Crippen LogP contribution in [0.25, 0.3) is 0 Å². The maximum absolute atomic E-state index is 11.5. The average Bonchev–Trinajstić information content (AvgIpc) is 2.96. The van der Waals surface area contributed by atoms with Gasteiger partial charge in [-0.2, -0.15) is 10.2 Å². The number of para-hydroxylation sites is 1. The summed E-state index contributed by atoms with van der Waals surface area (Å²) >= 11 is 0. The number of ether oxygens (including phenoxy) is 2. The van der Waals surface area contributed by atoms with E-state index in [-0.39, 0.29) is 18.3 Å². The third-order valence-corrected chi connectivity index (χ3v) is 2.59. The van der Waals surface area contributed by atoms with Crippen LogP contribution >= 0.6 is 0 Å². The Morgan fingerprint density at radius 1 is 1.52 bits per heavy atom. The molecule has 0 aliphatic heterocycles. The molecule has 0 aliphatic rings. The van der Waals surface area contributed by atoms with Gasteiger partial charge in [0.25, 0.3) is 6.01 Å². The standard InChI is InChI=1S/C14H13N3O4/c1-3-20-13(18)10-8-21-14(16-10)17-12-9(7-15)5-4-6-11(12)19-2/h4-6,8H,3H2,1-2H3,(H,16,17). The smallest absolute Gasteiger partial charge is 0.360 e. The minimum absolute atomic E-state index is 0.0488. The number of rotatable bonds is 5. The minimum atomic E-state index is -0.574. The molecule has 21 heavy (non-hydrogen) atoms. The summed E-state index contributed by atoms with van der Waals surface area (Å²) in [7, 11) is 1.49. The van der Waals surface area contributed by atoms with Crippen LogP contribution < -0.4 is 10.1 Å². The zero-order chi connectivity index (χ0) is 15.2. The first-order valence-electron chi connectivity index (χ1n) is 6.16. The molecule has 2 rings (SSSR count). The van der Waals surface area contributed by atoms with E-state index in [1.165, 1.54) is 13.4 Å². The number of carbonyl (C=O) groups excluding carboxylic acids is 1. The van der Waals surface area contributed by atoms with Gasteiger partial charge in [-0.25, -0.2) is 4.79 Å². The summed E-state index contributed by atoms with van der Waals surface area (Å²) in [5.74, 6) is -0.111. The summed E-state index contributed by atoms with van der Waals surface area (Å²) in [4.78, 5) is 15.5. The van der Waals surface area contributed by atoms with Crippen molar-refractivity contribution in [2.75, 3.05) is 19.0 Å². The number of hydrogen-bond acceptors (Lipinski definition) is 7. The lowest BCUT2D eigenvalue weighted by Gasteiger charge is -2.09. The minimum Gasteiger partial charge on any atom is -0.495 e. The van der Waals surface area contributed by atoms with Crippen molar-refractivity contribution in [1.29, 1.82) is 5.26 Å². The van der Waals surface area contributed by atoms with Gasteiger partial charge in [-0.15, -0.1) is 0 Å². The number of carbonyl (C=O) groups is 1. The molecule has 7 nitrogen and oxygen atoms in total. The Bertz CT molecular complexity index is 688. The summed E-state index contributed by atoms with van der Waals surface area (Å²) in [5.41, 5.74) is 0.831. The number of esters is 1. The first-order chi connectivity index (χ1) is 10.2. The van der Waals surface area contributed by atoms with Gasteiger partial charge in [0.2, 0.25) is 0 Å². The highest BCUT2D eigenvalue weighted by molar-refractivity contribution is 5.87. The van der Waals surface area contributed by atoms with E-state index in [9.17, 15) is 4.79 Å². The SMILES string of the molecule is CCOC(=O)c1coc(Nc2c(C#N)cccc2OC)n1. The molecule has 0 aliphatic carbocycles. The van der Waals surface area contributed by atoms with E-state index in [0.29, 0.717) is 17.0 Å². The molecule has 0 atom stereocenters. The van der Waals surface area contributed by atoms with Gasteiger partial charge < -0.3 is 19.2 Å². The van der Waals surface area contributed by atoms with Gasteiger partial charge in [-0.3, -0.25) is 0 Å². The summed E-state index contributed by atoms with van der Waals surface area (Å²) in [5, 5.41) is 11.9. The molecule has 7 heteroatoms. The molecular formula is C14H13N3O4. The molecule has 1 N–H and O–H groups in total. The Labute approximate surface area is 121 Å². The fourth-order valence-electron chi connectivity index (χ4n) is 1.66. The van der Waals surface area contributed by atoms with Crippen LogP contribution in [0.15, 0.2) is 28.9 Å². The van der Waals surface area contributed by atoms with Crippen LogP contribution in [-0.4, -0.2) is 24.7 Å². The number of nitrogens with one attached hydrogen (secondary N) is 1. The van der Waals surface area contributed by atoms with E-state index in [2.05, 4.69) is 10.3 Å². The molecule has 108 valence electrons. The molecule has 1 heterocycles. The monoisotopic (exact) mass is 287 g/mol. The van der Waals surface area contributed by atoms with Crippen molar-refractivity contribution >= 4 is 17.7 Å². The zero-order valence-electron chi connectivity index (χ0n) is 11.5. The summed E-state index contributed by atoms with van der Waals surface area (Å²) in [6.45, 7) is 1.95. The lowest BCUT2D eigenvalue weighted by molar-refractivity contribution is 0.0519. The first-order valence-corrected chi connectivity index (χ1v) is 6.16. The molecule has 0 amide bonds. The predicted octanol–water partition coefficient (Wildman–Crippen LogP) is 2.48. The Kier molecular flexibility index (Phi) is 4.41. The number of hydrogen-bond donors (Lipinski definition) is 1. The van der Waals surface area contributed by atoms with Crippen LogP contribution in [0.2, 0.25) is 0 Å². The average molecular weight is 287 g/mol. The van der Waals surface area contributed by atoms with Gasteiger partial charge in [-0.1, -0.05) is 6.07 Å². The second-order valence-corrected chi connectivity index (χ2v) is 3.88. The molecule has 0 saturated carbocycles. The highest BCUT2D eigenvalue weighted by atomic mass is 16.5. The van der Waals surface area contributed by atoms with E-state index < -0.39 is 5.97 Å². The summed E-state index contributed by atoms with van der Waals surface area (Å²) in [6.07, 6.45) is 1.18. The molecule has 0 bridgehead atoms. The van der Waals surface area contributed by atoms with Gasteiger partial charge in [0.1, 0.15) is 23.8 Å². The fourth-order valence-corrected chi connectivity index (χ4v) is 1.66. The lowest BCUT2D eigenvalue weighted by Crippen LogP contribution is -2.05. The molecule has 1 aromatic heterocycles. The van der Waals surface area contributed by atoms with E-state index in [1.807, 2.05) is 6.07 Å². The Hall–Kier alpha value is -3.01. The van der Waals surface area contributed by atoms with Crippen molar-refractivity contribution in [1.82, 2.24) is 4.98 Å². The summed E-state index contributed by atoms with van der Waals surface area (Å²) in [6, 6.07) is 7.12. The fraction of sp³-hybridized carbons (Fsp3) is 0.214. The number of nitrogens with zero attached hydrogens (tertiary/aromatic N) is 2. The molecule has 0 saturated heterocycles. The van der Waals surface area contributed by atoms with Crippen molar-refractivity contribution < 1.29 is 18.7 Å². The first kappa shape index (κ1) is 14.4. The van der Waals surface area contributed by atoms with Crippen LogP contribution in [-0.2, 0) is 4.74 Å². The number of methoxy groups -OCH3 is 1.